The summed E-state index contributed by atoms with van der Waals surface area (Å²) < 4.78 is 8.60. The van der Waals surface area contributed by atoms with Gasteiger partial charge in [0.1, 0.15) is 0 Å². The molecule has 0 saturated carbocycles. The molecule has 0 amide bonds. The fourth-order valence-corrected chi connectivity index (χ4v) is 8.28. The maximum atomic E-state index is 6.36. The molecule has 0 N–H and O–H groups in total. The van der Waals surface area contributed by atoms with Crippen LogP contribution in [-0.2, 0) is 20.1 Å². The number of pyridine rings is 3. The first-order valence-corrected chi connectivity index (χ1v) is 20.8. The van der Waals surface area contributed by atoms with Crippen LogP contribution < -0.4 is 5.19 Å². The summed E-state index contributed by atoms with van der Waals surface area (Å²) in [6.45, 7) is 24.4. The van der Waals surface area contributed by atoms with Crippen molar-refractivity contribution >= 4 is 46.4 Å². The van der Waals surface area contributed by atoms with Crippen molar-refractivity contribution in [1.29, 1.82) is 0 Å². The number of rotatable bonds is 6. The number of imidazole rings is 1. The van der Waals surface area contributed by atoms with Crippen LogP contribution in [0.2, 0.25) is 19.6 Å². The van der Waals surface area contributed by atoms with E-state index >= 15 is 0 Å². The Hall–Kier alpha value is -3.97. The predicted octanol–water partition coefficient (Wildman–Crippen LogP) is 10.7. The Labute approximate surface area is 311 Å². The molecule has 0 aliphatic carbocycles. The number of hydrogen-bond acceptors (Lipinski definition) is 5. The van der Waals surface area contributed by atoms with Gasteiger partial charge in [-0.25, -0.2) is 4.98 Å². The van der Waals surface area contributed by atoms with Crippen molar-refractivity contribution in [2.24, 2.45) is 0 Å². The van der Waals surface area contributed by atoms with Crippen LogP contribution in [0, 0.1) is 26.0 Å². The third-order valence-corrected chi connectivity index (χ3v) is 11.1. The van der Waals surface area contributed by atoms with Crippen molar-refractivity contribution in [2.45, 2.75) is 92.9 Å². The summed E-state index contributed by atoms with van der Waals surface area (Å²) in [6, 6.07) is 25.5. The van der Waals surface area contributed by atoms with Crippen LogP contribution in [0.25, 0.3) is 55.7 Å². The molecule has 5 aromatic heterocycles. The topological polar surface area (TPSA) is 69.6 Å². The van der Waals surface area contributed by atoms with E-state index in [4.69, 9.17) is 9.40 Å². The maximum Gasteiger partial charge on any atom is 0.216 e. The number of aromatic nitrogens is 5. The molecule has 8 heteroatoms. The zero-order valence-corrected chi connectivity index (χ0v) is 34.5. The second kappa shape index (κ2) is 14.7. The number of benzene rings is 2. The first-order chi connectivity index (χ1) is 23.3. The standard InChI is InChI=1S/C25H25N4O.C17H22NSi.Ir/c1-13(2)17-9-10-19(23-21(17)18-8-7-15(5)27-25(18)30-23)24-28-20-11-12-26-16(6)22(20)29(24)14(3)4;1-13(2)15-11-16(14-9-7-6-8-10-14)18-12-17(15)19(3,4)5;/h7-9,11-14H,1-6H3;6-9,11-13H,1-5H3;/q2*-1;. The molecule has 7 rings (SSSR count). The smallest absolute Gasteiger partial charge is 0.216 e. The average molecular weight is 858 g/mol. The van der Waals surface area contributed by atoms with E-state index in [9.17, 15) is 0 Å². The van der Waals surface area contributed by atoms with Crippen LogP contribution in [0.1, 0.15) is 81.9 Å². The first kappa shape index (κ1) is 37.3. The Kier molecular flexibility index (Phi) is 11.0. The van der Waals surface area contributed by atoms with Gasteiger partial charge >= 0.3 is 0 Å². The zero-order valence-electron chi connectivity index (χ0n) is 31.1. The van der Waals surface area contributed by atoms with E-state index in [2.05, 4.69) is 123 Å². The number of nitrogens with zero attached hydrogens (tertiary/aromatic N) is 5. The summed E-state index contributed by atoms with van der Waals surface area (Å²) in [7, 11) is -1.34. The fraction of sp³-hybridized carbons (Fsp3) is 0.333. The molecule has 1 radical (unpaired) electrons. The fourth-order valence-electron chi connectivity index (χ4n) is 6.60. The molecule has 0 fully saturated rings. The van der Waals surface area contributed by atoms with Crippen molar-refractivity contribution in [3.05, 3.63) is 102 Å². The van der Waals surface area contributed by atoms with Gasteiger partial charge in [-0.3, -0.25) is 9.97 Å². The predicted molar refractivity (Wildman–Crippen MR) is 206 cm³/mol. The minimum Gasteiger partial charge on any atom is -0.486 e. The summed E-state index contributed by atoms with van der Waals surface area (Å²) in [4.78, 5) is 18.8. The Morgan fingerprint density at radius 3 is 2.22 bits per heavy atom. The van der Waals surface area contributed by atoms with E-state index in [1.165, 1.54) is 16.3 Å². The molecule has 2 aromatic carbocycles. The largest absolute Gasteiger partial charge is 0.486 e. The van der Waals surface area contributed by atoms with E-state index < -0.39 is 8.07 Å². The molecule has 0 bridgehead atoms. The molecule has 0 aliphatic heterocycles. The molecular weight excluding hydrogens is 811 g/mol. The summed E-state index contributed by atoms with van der Waals surface area (Å²) in [5.41, 5.74) is 11.0. The molecule has 0 atom stereocenters. The Bertz CT molecular complexity index is 2280. The van der Waals surface area contributed by atoms with Gasteiger partial charge in [-0.2, -0.15) is 0 Å². The number of furan rings is 1. The van der Waals surface area contributed by atoms with Gasteiger partial charge in [0.25, 0.3) is 0 Å². The zero-order chi connectivity index (χ0) is 35.2. The quantitative estimate of drug-likeness (QED) is 0.123. The van der Waals surface area contributed by atoms with Gasteiger partial charge in [0.05, 0.1) is 36.2 Å². The minimum atomic E-state index is -1.34. The molecule has 6 nitrogen and oxygen atoms in total. The summed E-state index contributed by atoms with van der Waals surface area (Å²) >= 11 is 0. The Balaban J connectivity index is 0.000000211. The number of hydrogen-bond donors (Lipinski definition) is 0. The molecule has 0 saturated heterocycles. The monoisotopic (exact) mass is 858 g/mol. The van der Waals surface area contributed by atoms with Gasteiger partial charge in [-0.05, 0) is 62.7 Å². The summed E-state index contributed by atoms with van der Waals surface area (Å²) in [6.07, 6.45) is 3.91. The van der Waals surface area contributed by atoms with E-state index in [0.717, 1.165) is 61.4 Å². The van der Waals surface area contributed by atoms with Crippen LogP contribution in [0.3, 0.4) is 0 Å². The van der Waals surface area contributed by atoms with Gasteiger partial charge in [-0.15, -0.1) is 53.6 Å². The van der Waals surface area contributed by atoms with E-state index in [-0.39, 0.29) is 26.1 Å². The SMILES string of the molecule is CC(C)c1cc(-c2[c-]cccc2)ncc1[Si](C)(C)C.Cc1ccc2c(n1)oc1c(-c3nc4ccnc(C)c4n3C(C)C)[c-]cc(C(C)C)c12.[Ir]. The Morgan fingerprint density at radius 2 is 1.58 bits per heavy atom. The second-order valence-corrected chi connectivity index (χ2v) is 19.9. The van der Waals surface area contributed by atoms with Gasteiger partial charge in [0.2, 0.25) is 5.71 Å². The number of fused-ring (bicyclic) bond motifs is 4. The molecule has 0 unspecified atom stereocenters. The van der Waals surface area contributed by atoms with Gasteiger partial charge < -0.3 is 14.0 Å². The second-order valence-electron chi connectivity index (χ2n) is 14.9. The molecule has 50 heavy (non-hydrogen) atoms. The van der Waals surface area contributed by atoms with Crippen molar-refractivity contribution in [3.63, 3.8) is 0 Å². The first-order valence-electron chi connectivity index (χ1n) is 17.3. The third-order valence-electron chi connectivity index (χ3n) is 9.08. The van der Waals surface area contributed by atoms with E-state index in [1.807, 2.05) is 50.4 Å². The van der Waals surface area contributed by atoms with Crippen molar-refractivity contribution < 1.29 is 24.5 Å². The summed E-state index contributed by atoms with van der Waals surface area (Å²) in [5.74, 6) is 1.73. The van der Waals surface area contributed by atoms with E-state index in [1.54, 1.807) is 0 Å². The van der Waals surface area contributed by atoms with Crippen LogP contribution in [0.15, 0.2) is 71.4 Å². The van der Waals surface area contributed by atoms with Crippen molar-refractivity contribution in [2.75, 3.05) is 0 Å². The van der Waals surface area contributed by atoms with Crippen LogP contribution >= 0.6 is 0 Å². The average Bonchev–Trinajstić information content (AvgIpc) is 3.64. The molecule has 7 aromatic rings. The maximum absolute atomic E-state index is 6.36. The van der Waals surface area contributed by atoms with Crippen molar-refractivity contribution in [3.8, 4) is 22.6 Å². The van der Waals surface area contributed by atoms with Crippen LogP contribution in [0.5, 0.6) is 0 Å². The normalized spacial score (nSPS) is 11.9. The molecule has 0 spiro atoms. The minimum absolute atomic E-state index is 0. The summed E-state index contributed by atoms with van der Waals surface area (Å²) in [5, 5.41) is 3.63. The molecule has 0 aliphatic rings. The molecule has 261 valence electrons. The van der Waals surface area contributed by atoms with Gasteiger partial charge in [-0.1, -0.05) is 75.8 Å². The van der Waals surface area contributed by atoms with Crippen LogP contribution in [-0.4, -0.2) is 32.6 Å². The van der Waals surface area contributed by atoms with Gasteiger partial charge in [0.15, 0.2) is 0 Å². The number of aryl methyl sites for hydroxylation is 2. The molecular formula is C42H47IrN5OSi-2. The Morgan fingerprint density at radius 1 is 0.840 bits per heavy atom. The third kappa shape index (κ3) is 7.12. The van der Waals surface area contributed by atoms with Crippen molar-refractivity contribution in [1.82, 2.24) is 24.5 Å². The van der Waals surface area contributed by atoms with Crippen LogP contribution in [0.4, 0.5) is 0 Å². The van der Waals surface area contributed by atoms with E-state index in [0.29, 0.717) is 17.5 Å². The van der Waals surface area contributed by atoms with Gasteiger partial charge in [0, 0.05) is 49.6 Å². The molecule has 5 heterocycles.